The zero-order valence-corrected chi connectivity index (χ0v) is 12.4. The van der Waals surface area contributed by atoms with E-state index >= 15 is 0 Å². The van der Waals surface area contributed by atoms with E-state index in [0.29, 0.717) is 12.0 Å². The highest BCUT2D eigenvalue weighted by Crippen LogP contribution is 2.37. The fourth-order valence-corrected chi connectivity index (χ4v) is 3.58. The van der Waals surface area contributed by atoms with E-state index in [0.717, 1.165) is 32.8 Å². The predicted octanol–water partition coefficient (Wildman–Crippen LogP) is 1.24. The summed E-state index contributed by atoms with van der Waals surface area (Å²) in [7, 11) is 0. The number of hydrogen-bond acceptors (Lipinski definition) is 4. The van der Waals surface area contributed by atoms with E-state index in [1.165, 1.54) is 32.1 Å². The van der Waals surface area contributed by atoms with Gasteiger partial charge in [-0.25, -0.2) is 0 Å². The molecule has 0 spiro atoms. The largest absolute Gasteiger partial charge is 0.395 e. The molecule has 1 aliphatic carbocycles. The van der Waals surface area contributed by atoms with E-state index in [2.05, 4.69) is 17.1 Å². The molecule has 2 rings (SSSR count). The first-order chi connectivity index (χ1) is 9.29. The molecule has 0 aromatic heterocycles. The lowest BCUT2D eigenvalue weighted by Gasteiger charge is -2.45. The maximum absolute atomic E-state index is 9.51. The molecule has 0 bridgehead atoms. The van der Waals surface area contributed by atoms with Crippen molar-refractivity contribution in [1.82, 2.24) is 10.2 Å². The predicted molar refractivity (Wildman–Crippen MR) is 77.3 cm³/mol. The minimum absolute atomic E-state index is 0.203. The van der Waals surface area contributed by atoms with Gasteiger partial charge in [-0.05, 0) is 24.8 Å². The van der Waals surface area contributed by atoms with Crippen LogP contribution in [-0.4, -0.2) is 62.0 Å². The van der Waals surface area contributed by atoms with Crippen LogP contribution in [0.15, 0.2) is 0 Å². The lowest BCUT2D eigenvalue weighted by molar-refractivity contribution is -0.0495. The third kappa shape index (κ3) is 4.15. The van der Waals surface area contributed by atoms with Crippen molar-refractivity contribution >= 4 is 0 Å². The Bertz CT molecular complexity index is 255. The Morgan fingerprint density at radius 3 is 2.79 bits per heavy atom. The summed E-state index contributed by atoms with van der Waals surface area (Å²) < 4.78 is 5.49. The first kappa shape index (κ1) is 15.2. The molecule has 2 fully saturated rings. The third-order valence-electron chi connectivity index (χ3n) is 4.76. The van der Waals surface area contributed by atoms with E-state index in [1.807, 2.05) is 0 Å². The standard InChI is InChI=1S/C15H30N2O2/c1-2-16-12-15(6-4-3-5-7-15)13-17-8-9-19-11-14(17)10-18/h14,16,18H,2-13H2,1H3. The zero-order valence-electron chi connectivity index (χ0n) is 12.4. The minimum Gasteiger partial charge on any atom is -0.395 e. The van der Waals surface area contributed by atoms with Crippen LogP contribution in [0.3, 0.4) is 0 Å². The van der Waals surface area contributed by atoms with Crippen molar-refractivity contribution < 1.29 is 9.84 Å². The second kappa shape index (κ2) is 7.58. The van der Waals surface area contributed by atoms with Gasteiger partial charge in [0.15, 0.2) is 0 Å². The van der Waals surface area contributed by atoms with E-state index < -0.39 is 0 Å². The topological polar surface area (TPSA) is 44.7 Å². The Labute approximate surface area is 117 Å². The van der Waals surface area contributed by atoms with Gasteiger partial charge in [0.2, 0.25) is 0 Å². The monoisotopic (exact) mass is 270 g/mol. The molecule has 4 nitrogen and oxygen atoms in total. The molecule has 2 aliphatic rings. The van der Waals surface area contributed by atoms with Gasteiger partial charge in [0.05, 0.1) is 25.9 Å². The highest BCUT2D eigenvalue weighted by Gasteiger charge is 2.36. The van der Waals surface area contributed by atoms with Crippen molar-refractivity contribution in [3.05, 3.63) is 0 Å². The molecule has 112 valence electrons. The normalized spacial score (nSPS) is 28.4. The maximum Gasteiger partial charge on any atom is 0.0644 e. The Morgan fingerprint density at radius 1 is 1.32 bits per heavy atom. The summed E-state index contributed by atoms with van der Waals surface area (Å²) in [6.07, 6.45) is 6.77. The third-order valence-corrected chi connectivity index (χ3v) is 4.76. The molecular formula is C15H30N2O2. The smallest absolute Gasteiger partial charge is 0.0644 e. The number of morpholine rings is 1. The molecule has 0 aromatic rings. The van der Waals surface area contributed by atoms with Crippen LogP contribution in [0, 0.1) is 5.41 Å². The van der Waals surface area contributed by atoms with Crippen molar-refractivity contribution in [3.63, 3.8) is 0 Å². The lowest BCUT2D eigenvalue weighted by atomic mass is 9.73. The summed E-state index contributed by atoms with van der Waals surface area (Å²) in [4.78, 5) is 2.46. The maximum atomic E-state index is 9.51. The fourth-order valence-electron chi connectivity index (χ4n) is 3.58. The average molecular weight is 270 g/mol. The van der Waals surface area contributed by atoms with Crippen LogP contribution >= 0.6 is 0 Å². The van der Waals surface area contributed by atoms with Gasteiger partial charge in [0.25, 0.3) is 0 Å². The van der Waals surface area contributed by atoms with Crippen molar-refractivity contribution in [1.29, 1.82) is 0 Å². The van der Waals surface area contributed by atoms with Crippen LogP contribution in [0.1, 0.15) is 39.0 Å². The zero-order chi connectivity index (χ0) is 13.6. The quantitative estimate of drug-likeness (QED) is 0.762. The highest BCUT2D eigenvalue weighted by atomic mass is 16.5. The van der Waals surface area contributed by atoms with Crippen LogP contribution in [0.5, 0.6) is 0 Å². The number of hydrogen-bond donors (Lipinski definition) is 2. The Kier molecular flexibility index (Phi) is 6.07. The van der Waals surface area contributed by atoms with Crippen molar-refractivity contribution in [2.24, 2.45) is 5.41 Å². The van der Waals surface area contributed by atoms with Crippen molar-refractivity contribution in [3.8, 4) is 0 Å². The molecular weight excluding hydrogens is 240 g/mol. The van der Waals surface area contributed by atoms with Crippen LogP contribution in [-0.2, 0) is 4.74 Å². The number of rotatable bonds is 6. The van der Waals surface area contributed by atoms with Gasteiger partial charge in [0, 0.05) is 19.6 Å². The van der Waals surface area contributed by atoms with E-state index in [1.54, 1.807) is 0 Å². The fraction of sp³-hybridized carbons (Fsp3) is 1.00. The molecule has 0 aromatic carbocycles. The van der Waals surface area contributed by atoms with Gasteiger partial charge in [-0.2, -0.15) is 0 Å². The van der Waals surface area contributed by atoms with Crippen LogP contribution in [0.25, 0.3) is 0 Å². The second-order valence-corrected chi connectivity index (χ2v) is 6.22. The lowest BCUT2D eigenvalue weighted by Crippen LogP contribution is -2.54. The Balaban J connectivity index is 1.97. The van der Waals surface area contributed by atoms with Gasteiger partial charge in [-0.3, -0.25) is 4.90 Å². The van der Waals surface area contributed by atoms with E-state index in [-0.39, 0.29) is 12.6 Å². The molecule has 0 amide bonds. The van der Waals surface area contributed by atoms with Gasteiger partial charge < -0.3 is 15.2 Å². The van der Waals surface area contributed by atoms with E-state index in [9.17, 15) is 5.11 Å². The molecule has 4 heteroatoms. The summed E-state index contributed by atoms with van der Waals surface area (Å²) >= 11 is 0. The van der Waals surface area contributed by atoms with Gasteiger partial charge in [-0.1, -0.05) is 26.2 Å². The van der Waals surface area contributed by atoms with Gasteiger partial charge in [-0.15, -0.1) is 0 Å². The number of nitrogens with zero attached hydrogens (tertiary/aromatic N) is 1. The molecule has 1 aliphatic heterocycles. The number of nitrogens with one attached hydrogen (secondary N) is 1. The summed E-state index contributed by atoms with van der Waals surface area (Å²) in [5, 5.41) is 13.1. The summed E-state index contributed by atoms with van der Waals surface area (Å²) in [5.74, 6) is 0. The molecule has 1 atom stereocenters. The average Bonchev–Trinajstić information content (AvgIpc) is 2.47. The Morgan fingerprint density at radius 2 is 2.11 bits per heavy atom. The van der Waals surface area contributed by atoms with Crippen LogP contribution < -0.4 is 5.32 Å². The summed E-state index contributed by atoms with van der Waals surface area (Å²) in [6.45, 7) is 8.17. The number of aliphatic hydroxyl groups is 1. The van der Waals surface area contributed by atoms with Crippen LogP contribution in [0.2, 0.25) is 0 Å². The van der Waals surface area contributed by atoms with Gasteiger partial charge >= 0.3 is 0 Å². The van der Waals surface area contributed by atoms with Crippen LogP contribution in [0.4, 0.5) is 0 Å². The van der Waals surface area contributed by atoms with Gasteiger partial charge in [0.1, 0.15) is 0 Å². The molecule has 2 N–H and O–H groups in total. The molecule has 19 heavy (non-hydrogen) atoms. The first-order valence-corrected chi connectivity index (χ1v) is 7.93. The molecule has 1 saturated carbocycles. The SMILES string of the molecule is CCNCC1(CN2CCOCC2CO)CCCCC1. The van der Waals surface area contributed by atoms with E-state index in [4.69, 9.17) is 4.74 Å². The second-order valence-electron chi connectivity index (χ2n) is 6.22. The highest BCUT2D eigenvalue weighted by molar-refractivity contribution is 4.90. The number of ether oxygens (including phenoxy) is 1. The number of aliphatic hydroxyl groups excluding tert-OH is 1. The molecule has 1 saturated heterocycles. The van der Waals surface area contributed by atoms with Crippen molar-refractivity contribution in [2.45, 2.75) is 45.1 Å². The van der Waals surface area contributed by atoms with Crippen molar-refractivity contribution in [2.75, 3.05) is 46.0 Å². The Hall–Kier alpha value is -0.160. The summed E-state index contributed by atoms with van der Waals surface area (Å²) in [6, 6.07) is 0.203. The molecule has 1 heterocycles. The first-order valence-electron chi connectivity index (χ1n) is 7.93. The summed E-state index contributed by atoms with van der Waals surface area (Å²) in [5.41, 5.74) is 0.416. The molecule has 0 radical (unpaired) electrons. The molecule has 1 unspecified atom stereocenters. The minimum atomic E-state index is 0.203.